The Hall–Kier alpha value is -1.77. The van der Waals surface area contributed by atoms with E-state index in [1.165, 1.54) is 0 Å². The molecule has 7 nitrogen and oxygen atoms in total. The van der Waals surface area contributed by atoms with Gasteiger partial charge >= 0.3 is 6.03 Å². The molecule has 0 aromatic carbocycles. The van der Waals surface area contributed by atoms with Crippen molar-refractivity contribution < 1.29 is 23.2 Å². The van der Waals surface area contributed by atoms with E-state index in [2.05, 4.69) is 29.8 Å². The van der Waals surface area contributed by atoms with Crippen LogP contribution in [0.3, 0.4) is 0 Å². The summed E-state index contributed by atoms with van der Waals surface area (Å²) in [5.41, 5.74) is 0. The zero-order valence-electron chi connectivity index (χ0n) is 20.6. The van der Waals surface area contributed by atoms with Crippen molar-refractivity contribution in [2.75, 3.05) is 13.6 Å². The van der Waals surface area contributed by atoms with E-state index in [0.717, 1.165) is 32.2 Å². The third kappa shape index (κ3) is 5.55. The van der Waals surface area contributed by atoms with Gasteiger partial charge in [-0.05, 0) is 69.6 Å². The molecule has 0 bridgehead atoms. The van der Waals surface area contributed by atoms with Gasteiger partial charge in [0.1, 0.15) is 12.3 Å². The van der Waals surface area contributed by atoms with E-state index >= 15 is 0 Å². The molecule has 2 saturated carbocycles. The highest BCUT2D eigenvalue weighted by Gasteiger charge is 2.47. The summed E-state index contributed by atoms with van der Waals surface area (Å²) in [5.74, 6) is -0.289. The number of amides is 4. The van der Waals surface area contributed by atoms with E-state index in [4.69, 9.17) is 0 Å². The Morgan fingerprint density at radius 2 is 1.71 bits per heavy atom. The largest absolute Gasteiger partial charge is 0.342 e. The molecular weight excluding hydrogens is 442 g/mol. The number of fused-ring (bicyclic) bond motifs is 1. The maximum atomic E-state index is 13.6. The predicted molar refractivity (Wildman–Crippen MR) is 124 cm³/mol. The summed E-state index contributed by atoms with van der Waals surface area (Å²) in [4.78, 5) is 40.2. The molecule has 0 spiro atoms. The first-order valence-corrected chi connectivity index (χ1v) is 13.0. The van der Waals surface area contributed by atoms with Crippen LogP contribution in [0, 0.1) is 29.6 Å². The highest BCUT2D eigenvalue weighted by atomic mass is 19.1. The number of halogens is 2. The zero-order valence-corrected chi connectivity index (χ0v) is 20.6. The third-order valence-corrected chi connectivity index (χ3v) is 8.90. The zero-order chi connectivity index (χ0) is 24.6. The molecule has 0 radical (unpaired) electrons. The Bertz CT molecular complexity index is 773. The molecular formula is C25H40F2N4O3. The minimum Gasteiger partial charge on any atom is -0.342 e. The molecule has 0 aromatic heterocycles. The third-order valence-electron chi connectivity index (χ3n) is 8.90. The molecule has 4 rings (SSSR count). The second kappa shape index (κ2) is 10.5. The summed E-state index contributed by atoms with van der Waals surface area (Å²) in [6, 6.07) is -0.0465. The molecule has 2 aliphatic carbocycles. The molecule has 2 aliphatic heterocycles. The SMILES string of the molecule is CC1CC2C(CN1)CC(C1CC(NC(=O)NC(=O)C3CC(F)CC(F)C3)CCC1C)C(=O)N2C. The summed E-state index contributed by atoms with van der Waals surface area (Å²) < 4.78 is 27.3. The van der Waals surface area contributed by atoms with Gasteiger partial charge in [-0.3, -0.25) is 14.9 Å². The lowest BCUT2D eigenvalue weighted by molar-refractivity contribution is -0.148. The molecule has 2 heterocycles. The van der Waals surface area contributed by atoms with Crippen molar-refractivity contribution in [1.29, 1.82) is 0 Å². The van der Waals surface area contributed by atoms with E-state index in [1.807, 2.05) is 11.9 Å². The Kier molecular flexibility index (Phi) is 7.79. The Labute approximate surface area is 201 Å². The van der Waals surface area contributed by atoms with Crippen molar-refractivity contribution in [3.05, 3.63) is 0 Å². The van der Waals surface area contributed by atoms with Gasteiger partial charge in [0.2, 0.25) is 11.8 Å². The number of nitrogens with zero attached hydrogens (tertiary/aromatic N) is 1. The highest BCUT2D eigenvalue weighted by Crippen LogP contribution is 2.43. The van der Waals surface area contributed by atoms with Gasteiger partial charge < -0.3 is 15.5 Å². The van der Waals surface area contributed by atoms with Crippen LogP contribution in [-0.4, -0.2) is 66.8 Å². The van der Waals surface area contributed by atoms with Crippen LogP contribution < -0.4 is 16.0 Å². The number of rotatable bonds is 3. The van der Waals surface area contributed by atoms with Crippen LogP contribution in [-0.2, 0) is 9.59 Å². The first-order chi connectivity index (χ1) is 16.1. The number of piperidine rings is 2. The minimum absolute atomic E-state index is 0.0460. The molecule has 4 fully saturated rings. The fraction of sp³-hybridized carbons (Fsp3) is 0.880. The average Bonchev–Trinajstić information content (AvgIpc) is 2.77. The van der Waals surface area contributed by atoms with Gasteiger partial charge in [-0.25, -0.2) is 13.6 Å². The number of carbonyl (C=O) groups is 3. The van der Waals surface area contributed by atoms with E-state index in [-0.39, 0.29) is 49.1 Å². The van der Waals surface area contributed by atoms with E-state index in [9.17, 15) is 23.2 Å². The van der Waals surface area contributed by atoms with Gasteiger partial charge in [-0.2, -0.15) is 0 Å². The number of imide groups is 1. The van der Waals surface area contributed by atoms with E-state index in [1.54, 1.807) is 0 Å². The van der Waals surface area contributed by atoms with Crippen LogP contribution >= 0.6 is 0 Å². The molecule has 2 saturated heterocycles. The van der Waals surface area contributed by atoms with Crippen LogP contribution in [0.4, 0.5) is 13.6 Å². The Balaban J connectivity index is 1.33. The van der Waals surface area contributed by atoms with Gasteiger partial charge in [0.15, 0.2) is 0 Å². The van der Waals surface area contributed by atoms with Gasteiger partial charge in [0.25, 0.3) is 0 Å². The van der Waals surface area contributed by atoms with Crippen molar-refractivity contribution in [3.63, 3.8) is 0 Å². The molecule has 0 aromatic rings. The minimum atomic E-state index is -1.35. The maximum absolute atomic E-state index is 13.6. The number of likely N-dealkylation sites (tertiary alicyclic amines) is 1. The van der Waals surface area contributed by atoms with Crippen LogP contribution in [0.25, 0.3) is 0 Å². The second-order valence-electron chi connectivity index (χ2n) is 11.4. The number of hydrogen-bond donors (Lipinski definition) is 3. The molecule has 34 heavy (non-hydrogen) atoms. The molecule has 4 aliphatic rings. The normalized spacial score (nSPS) is 43.1. The fourth-order valence-corrected chi connectivity index (χ4v) is 6.93. The van der Waals surface area contributed by atoms with E-state index in [0.29, 0.717) is 24.3 Å². The summed E-state index contributed by atoms with van der Waals surface area (Å²) in [6.07, 6.45) is 1.25. The number of carbonyl (C=O) groups excluding carboxylic acids is 3. The molecule has 9 heteroatoms. The van der Waals surface area contributed by atoms with Crippen molar-refractivity contribution in [3.8, 4) is 0 Å². The topological polar surface area (TPSA) is 90.5 Å². The smallest absolute Gasteiger partial charge is 0.321 e. The van der Waals surface area contributed by atoms with Crippen molar-refractivity contribution in [2.24, 2.45) is 29.6 Å². The van der Waals surface area contributed by atoms with Gasteiger partial charge in [-0.1, -0.05) is 6.92 Å². The van der Waals surface area contributed by atoms with Crippen molar-refractivity contribution in [1.82, 2.24) is 20.9 Å². The Morgan fingerprint density at radius 1 is 1.00 bits per heavy atom. The summed E-state index contributed by atoms with van der Waals surface area (Å²) in [6.45, 7) is 5.28. The van der Waals surface area contributed by atoms with E-state index < -0.39 is 30.2 Å². The standard InChI is InChI=1S/C25H40F2N4O3/c1-13-4-5-19(29-25(34)30-23(32)15-7-17(26)10-18(27)8-15)11-20(13)21-9-16-12-28-14(2)6-22(16)31(3)24(21)33/h13-22,28H,4-12H2,1-3H3,(H2,29,30,32,34). The summed E-state index contributed by atoms with van der Waals surface area (Å²) >= 11 is 0. The first-order valence-electron chi connectivity index (χ1n) is 13.0. The lowest BCUT2D eigenvalue weighted by Gasteiger charge is -2.50. The molecule has 3 N–H and O–H groups in total. The summed E-state index contributed by atoms with van der Waals surface area (Å²) in [7, 11) is 1.93. The number of urea groups is 1. The lowest BCUT2D eigenvalue weighted by atomic mass is 9.65. The molecule has 9 atom stereocenters. The molecule has 192 valence electrons. The van der Waals surface area contributed by atoms with Crippen molar-refractivity contribution in [2.45, 2.75) is 95.7 Å². The lowest BCUT2D eigenvalue weighted by Crippen LogP contribution is -2.60. The van der Waals surface area contributed by atoms with Crippen LogP contribution in [0.2, 0.25) is 0 Å². The first kappa shape index (κ1) is 25.3. The number of hydrogen-bond acceptors (Lipinski definition) is 4. The van der Waals surface area contributed by atoms with Crippen LogP contribution in [0.15, 0.2) is 0 Å². The Morgan fingerprint density at radius 3 is 2.41 bits per heavy atom. The maximum Gasteiger partial charge on any atom is 0.321 e. The fourth-order valence-electron chi connectivity index (χ4n) is 6.93. The van der Waals surface area contributed by atoms with Crippen LogP contribution in [0.1, 0.15) is 65.2 Å². The second-order valence-corrected chi connectivity index (χ2v) is 11.4. The van der Waals surface area contributed by atoms with Gasteiger partial charge in [0.05, 0.1) is 0 Å². The van der Waals surface area contributed by atoms with Crippen LogP contribution in [0.5, 0.6) is 0 Å². The average molecular weight is 483 g/mol. The monoisotopic (exact) mass is 482 g/mol. The quantitative estimate of drug-likeness (QED) is 0.577. The molecule has 4 amide bonds. The molecule has 9 unspecified atom stereocenters. The summed E-state index contributed by atoms with van der Waals surface area (Å²) in [5, 5.41) is 8.74. The predicted octanol–water partition coefficient (Wildman–Crippen LogP) is 2.94. The highest BCUT2D eigenvalue weighted by molar-refractivity contribution is 5.95. The van der Waals surface area contributed by atoms with Crippen molar-refractivity contribution >= 4 is 17.8 Å². The van der Waals surface area contributed by atoms with Gasteiger partial charge in [0, 0.05) is 50.0 Å². The number of nitrogens with one attached hydrogen (secondary N) is 3. The number of alkyl halides is 2. The van der Waals surface area contributed by atoms with Gasteiger partial charge in [-0.15, -0.1) is 0 Å².